The van der Waals surface area contributed by atoms with Crippen molar-refractivity contribution in [1.29, 1.82) is 0 Å². The molecule has 29 heavy (non-hydrogen) atoms. The van der Waals surface area contributed by atoms with E-state index in [9.17, 15) is 4.79 Å². The van der Waals surface area contributed by atoms with E-state index in [1.165, 1.54) is 5.69 Å². The Balaban J connectivity index is 1.62. The molecule has 1 amide bonds. The maximum Gasteiger partial charge on any atom is 0.255 e. The standard InChI is InChI=1S/C25H28N2O2/c1-4-27(5-2)22-13-16-24(19(3)17-22)26-25(28)21-11-14-23(15-12-21)29-18-20-9-7-6-8-10-20/h6-17H,4-5,18H2,1-3H3,(H,26,28). The van der Waals surface area contributed by atoms with Gasteiger partial charge in [-0.15, -0.1) is 0 Å². The number of ether oxygens (including phenoxy) is 1. The molecule has 3 aromatic rings. The van der Waals surface area contributed by atoms with Crippen LogP contribution in [0.2, 0.25) is 0 Å². The van der Waals surface area contributed by atoms with Gasteiger partial charge in [0.25, 0.3) is 5.91 Å². The van der Waals surface area contributed by atoms with Gasteiger partial charge in [-0.3, -0.25) is 4.79 Å². The Morgan fingerprint density at radius 3 is 2.24 bits per heavy atom. The van der Waals surface area contributed by atoms with Gasteiger partial charge in [-0.2, -0.15) is 0 Å². The van der Waals surface area contributed by atoms with Crippen molar-refractivity contribution >= 4 is 17.3 Å². The van der Waals surface area contributed by atoms with E-state index in [4.69, 9.17) is 4.74 Å². The minimum atomic E-state index is -0.127. The highest BCUT2D eigenvalue weighted by atomic mass is 16.5. The topological polar surface area (TPSA) is 41.6 Å². The first-order chi connectivity index (χ1) is 14.1. The first kappa shape index (κ1) is 20.5. The van der Waals surface area contributed by atoms with Gasteiger partial charge in [-0.25, -0.2) is 0 Å². The molecule has 0 aliphatic rings. The number of carbonyl (C=O) groups is 1. The number of hydrogen-bond donors (Lipinski definition) is 1. The Morgan fingerprint density at radius 1 is 0.931 bits per heavy atom. The predicted octanol–water partition coefficient (Wildman–Crippen LogP) is 5.67. The summed E-state index contributed by atoms with van der Waals surface area (Å²) >= 11 is 0. The largest absolute Gasteiger partial charge is 0.489 e. The van der Waals surface area contributed by atoms with E-state index in [1.807, 2.05) is 55.5 Å². The fourth-order valence-electron chi connectivity index (χ4n) is 3.21. The molecule has 4 heteroatoms. The number of aryl methyl sites for hydroxylation is 1. The summed E-state index contributed by atoms with van der Waals surface area (Å²) in [6.07, 6.45) is 0. The number of rotatable bonds is 8. The first-order valence-corrected chi connectivity index (χ1v) is 10.0. The van der Waals surface area contributed by atoms with Crippen molar-refractivity contribution in [2.75, 3.05) is 23.3 Å². The molecule has 1 N–H and O–H groups in total. The first-order valence-electron chi connectivity index (χ1n) is 10.0. The maximum atomic E-state index is 12.6. The molecule has 0 saturated carbocycles. The van der Waals surface area contributed by atoms with Crippen LogP contribution in [0, 0.1) is 6.92 Å². The summed E-state index contributed by atoms with van der Waals surface area (Å²) in [5.74, 6) is 0.614. The van der Waals surface area contributed by atoms with E-state index in [2.05, 4.69) is 36.2 Å². The van der Waals surface area contributed by atoms with Crippen LogP contribution in [-0.4, -0.2) is 19.0 Å². The maximum absolute atomic E-state index is 12.6. The molecule has 0 aliphatic carbocycles. The van der Waals surface area contributed by atoms with Gasteiger partial charge >= 0.3 is 0 Å². The lowest BCUT2D eigenvalue weighted by Crippen LogP contribution is -2.22. The Hall–Kier alpha value is -3.27. The molecular weight excluding hydrogens is 360 g/mol. The molecule has 4 nitrogen and oxygen atoms in total. The fourth-order valence-corrected chi connectivity index (χ4v) is 3.21. The molecule has 0 heterocycles. The molecule has 150 valence electrons. The Kier molecular flexibility index (Phi) is 6.90. The molecule has 0 fully saturated rings. The second-order valence-corrected chi connectivity index (χ2v) is 6.92. The van der Waals surface area contributed by atoms with Crippen LogP contribution in [0.4, 0.5) is 11.4 Å². The van der Waals surface area contributed by atoms with Crippen LogP contribution in [-0.2, 0) is 6.61 Å². The van der Waals surface area contributed by atoms with Gasteiger partial charge in [-0.1, -0.05) is 30.3 Å². The van der Waals surface area contributed by atoms with Crippen molar-refractivity contribution in [2.45, 2.75) is 27.4 Å². The fraction of sp³-hybridized carbons (Fsp3) is 0.240. The lowest BCUT2D eigenvalue weighted by molar-refractivity contribution is 0.102. The SMILES string of the molecule is CCN(CC)c1ccc(NC(=O)c2ccc(OCc3ccccc3)cc2)c(C)c1. The monoisotopic (exact) mass is 388 g/mol. The molecule has 0 aliphatic heterocycles. The highest BCUT2D eigenvalue weighted by Gasteiger charge is 2.10. The second-order valence-electron chi connectivity index (χ2n) is 6.92. The van der Waals surface area contributed by atoms with Crippen LogP contribution in [0.5, 0.6) is 5.75 Å². The number of nitrogens with one attached hydrogen (secondary N) is 1. The summed E-state index contributed by atoms with van der Waals surface area (Å²) in [6.45, 7) is 8.72. The van der Waals surface area contributed by atoms with E-state index in [0.717, 1.165) is 35.7 Å². The quantitative estimate of drug-likeness (QED) is 0.540. The van der Waals surface area contributed by atoms with Crippen molar-refractivity contribution in [3.05, 3.63) is 89.5 Å². The van der Waals surface area contributed by atoms with Crippen LogP contribution in [0.25, 0.3) is 0 Å². The van der Waals surface area contributed by atoms with Gasteiger partial charge in [0, 0.05) is 30.0 Å². The zero-order valence-electron chi connectivity index (χ0n) is 17.3. The van der Waals surface area contributed by atoms with Crippen LogP contribution in [0.1, 0.15) is 35.3 Å². The third-order valence-electron chi connectivity index (χ3n) is 4.95. The van der Waals surface area contributed by atoms with Crippen LogP contribution < -0.4 is 15.0 Å². The molecule has 0 atom stereocenters. The Bertz CT molecular complexity index is 933. The van der Waals surface area contributed by atoms with Crippen molar-refractivity contribution in [1.82, 2.24) is 0 Å². The molecule has 0 saturated heterocycles. The molecule has 0 bridgehead atoms. The van der Waals surface area contributed by atoms with Crippen LogP contribution >= 0.6 is 0 Å². The Labute approximate surface area is 173 Å². The normalized spacial score (nSPS) is 10.4. The van der Waals surface area contributed by atoms with Gasteiger partial charge < -0.3 is 15.0 Å². The zero-order chi connectivity index (χ0) is 20.6. The highest BCUT2D eigenvalue weighted by Crippen LogP contribution is 2.23. The molecule has 3 aromatic carbocycles. The summed E-state index contributed by atoms with van der Waals surface area (Å²) in [5.41, 5.74) is 4.76. The molecule has 0 spiro atoms. The van der Waals surface area contributed by atoms with Crippen molar-refractivity contribution < 1.29 is 9.53 Å². The summed E-state index contributed by atoms with van der Waals surface area (Å²) in [4.78, 5) is 14.9. The van der Waals surface area contributed by atoms with Crippen molar-refractivity contribution in [2.24, 2.45) is 0 Å². The van der Waals surface area contributed by atoms with E-state index < -0.39 is 0 Å². The second kappa shape index (κ2) is 9.78. The van der Waals surface area contributed by atoms with E-state index in [0.29, 0.717) is 12.2 Å². The minimum Gasteiger partial charge on any atom is -0.489 e. The van der Waals surface area contributed by atoms with E-state index in [-0.39, 0.29) is 5.91 Å². The number of hydrogen-bond acceptors (Lipinski definition) is 3. The lowest BCUT2D eigenvalue weighted by Gasteiger charge is -2.22. The third kappa shape index (κ3) is 5.38. The van der Waals surface area contributed by atoms with Gasteiger partial charge in [-0.05, 0) is 74.4 Å². The number of benzene rings is 3. The highest BCUT2D eigenvalue weighted by molar-refractivity contribution is 6.04. The number of carbonyl (C=O) groups excluding carboxylic acids is 1. The molecule has 0 aromatic heterocycles. The minimum absolute atomic E-state index is 0.127. The summed E-state index contributed by atoms with van der Waals surface area (Å²) in [6, 6.07) is 23.4. The van der Waals surface area contributed by atoms with Gasteiger partial charge in [0.05, 0.1) is 0 Å². The average molecular weight is 389 g/mol. The third-order valence-corrected chi connectivity index (χ3v) is 4.95. The molecule has 0 unspecified atom stereocenters. The Morgan fingerprint density at radius 2 is 1.62 bits per heavy atom. The lowest BCUT2D eigenvalue weighted by atomic mass is 10.1. The van der Waals surface area contributed by atoms with Crippen molar-refractivity contribution in [3.8, 4) is 5.75 Å². The number of amides is 1. The average Bonchev–Trinajstić information content (AvgIpc) is 2.76. The molecular formula is C25H28N2O2. The molecule has 0 radical (unpaired) electrons. The van der Waals surface area contributed by atoms with Gasteiger partial charge in [0.2, 0.25) is 0 Å². The smallest absolute Gasteiger partial charge is 0.255 e. The van der Waals surface area contributed by atoms with Crippen molar-refractivity contribution in [3.63, 3.8) is 0 Å². The van der Waals surface area contributed by atoms with Crippen LogP contribution in [0.15, 0.2) is 72.8 Å². The summed E-state index contributed by atoms with van der Waals surface area (Å²) in [7, 11) is 0. The number of anilines is 2. The van der Waals surface area contributed by atoms with Gasteiger partial charge in [0.1, 0.15) is 12.4 Å². The van der Waals surface area contributed by atoms with E-state index in [1.54, 1.807) is 12.1 Å². The summed E-state index contributed by atoms with van der Waals surface area (Å²) < 4.78 is 5.78. The predicted molar refractivity (Wildman–Crippen MR) is 120 cm³/mol. The van der Waals surface area contributed by atoms with E-state index >= 15 is 0 Å². The number of nitrogens with zero attached hydrogens (tertiary/aromatic N) is 1. The van der Waals surface area contributed by atoms with Crippen LogP contribution in [0.3, 0.4) is 0 Å². The zero-order valence-corrected chi connectivity index (χ0v) is 17.3. The summed E-state index contributed by atoms with van der Waals surface area (Å²) in [5, 5.41) is 3.01. The van der Waals surface area contributed by atoms with Gasteiger partial charge in [0.15, 0.2) is 0 Å². The molecule has 3 rings (SSSR count).